The van der Waals surface area contributed by atoms with Crippen molar-refractivity contribution in [3.8, 4) is 0 Å². The van der Waals surface area contributed by atoms with Crippen LogP contribution in [-0.2, 0) is 4.79 Å². The fourth-order valence-corrected chi connectivity index (χ4v) is 7.53. The van der Waals surface area contributed by atoms with Crippen LogP contribution in [0.3, 0.4) is 0 Å². The highest BCUT2D eigenvalue weighted by molar-refractivity contribution is 5.73. The molecule has 3 nitrogen and oxygen atoms in total. The fraction of sp³-hybridized carbons (Fsp3) is 0.864. The van der Waals surface area contributed by atoms with Gasteiger partial charge in [0.25, 0.3) is 0 Å². The average molecular weight is 346 g/mol. The Morgan fingerprint density at radius 3 is 2.72 bits per heavy atom. The molecule has 1 amide bonds. The zero-order valence-electron chi connectivity index (χ0n) is 16.3. The number of carbonyl (C=O) groups excluding carboxylic acids is 1. The number of aliphatic hydroxyl groups is 1. The summed E-state index contributed by atoms with van der Waals surface area (Å²) in [5.74, 6) is 2.94. The average Bonchev–Trinajstić information content (AvgIpc) is 2.79. The predicted octanol–water partition coefficient (Wildman–Crippen LogP) is 4.06. The fourth-order valence-electron chi connectivity index (χ4n) is 7.53. The number of aliphatic hydroxyl groups excluding tert-OH is 1. The van der Waals surface area contributed by atoms with E-state index in [9.17, 15) is 9.90 Å². The SMILES string of the molecule is CC(=O)N[C@@H]1[C@@H](C)C[C@H]2[C@H]3CC=C4C[C@H](O)CC[C@@]4(C)[C@H]3CC[C@@]12C. The molecule has 0 bridgehead atoms. The van der Waals surface area contributed by atoms with Gasteiger partial charge < -0.3 is 10.4 Å². The maximum atomic E-state index is 11.8. The summed E-state index contributed by atoms with van der Waals surface area (Å²) >= 11 is 0. The van der Waals surface area contributed by atoms with Gasteiger partial charge >= 0.3 is 0 Å². The second-order valence-corrected chi connectivity index (χ2v) is 10.1. The second-order valence-electron chi connectivity index (χ2n) is 10.1. The van der Waals surface area contributed by atoms with E-state index in [4.69, 9.17) is 0 Å². The minimum absolute atomic E-state index is 0.125. The minimum Gasteiger partial charge on any atom is -0.393 e. The van der Waals surface area contributed by atoms with E-state index in [1.165, 1.54) is 25.7 Å². The highest BCUT2D eigenvalue weighted by atomic mass is 16.3. The van der Waals surface area contributed by atoms with E-state index >= 15 is 0 Å². The van der Waals surface area contributed by atoms with Gasteiger partial charge in [0.05, 0.1) is 6.10 Å². The summed E-state index contributed by atoms with van der Waals surface area (Å²) in [4.78, 5) is 11.8. The summed E-state index contributed by atoms with van der Waals surface area (Å²) in [6.45, 7) is 8.93. The first kappa shape index (κ1) is 17.6. The first-order valence-corrected chi connectivity index (χ1v) is 10.4. The Morgan fingerprint density at radius 2 is 2.00 bits per heavy atom. The predicted molar refractivity (Wildman–Crippen MR) is 99.9 cm³/mol. The van der Waals surface area contributed by atoms with Gasteiger partial charge in [0.2, 0.25) is 5.91 Å². The van der Waals surface area contributed by atoms with Crippen molar-refractivity contribution in [3.05, 3.63) is 11.6 Å². The molecule has 3 fully saturated rings. The molecule has 4 rings (SSSR count). The topological polar surface area (TPSA) is 49.3 Å². The Morgan fingerprint density at radius 1 is 1.24 bits per heavy atom. The first-order valence-electron chi connectivity index (χ1n) is 10.4. The van der Waals surface area contributed by atoms with Crippen molar-refractivity contribution >= 4 is 5.91 Å². The molecule has 0 saturated heterocycles. The highest BCUT2D eigenvalue weighted by Gasteiger charge is 2.60. The number of allylic oxidation sites excluding steroid dienone is 1. The Labute approximate surface area is 152 Å². The second kappa shape index (κ2) is 5.84. The molecule has 0 heterocycles. The monoisotopic (exact) mass is 345 g/mol. The summed E-state index contributed by atoms with van der Waals surface area (Å²) in [5, 5.41) is 13.4. The molecule has 0 aromatic heterocycles. The van der Waals surface area contributed by atoms with E-state index in [-0.39, 0.29) is 17.4 Å². The lowest BCUT2D eigenvalue weighted by molar-refractivity contribution is -0.121. The Balaban J connectivity index is 1.64. The summed E-state index contributed by atoms with van der Waals surface area (Å²) in [5.41, 5.74) is 2.10. The van der Waals surface area contributed by atoms with Crippen molar-refractivity contribution in [1.29, 1.82) is 0 Å². The minimum atomic E-state index is -0.125. The largest absolute Gasteiger partial charge is 0.393 e. The number of hydrogen-bond acceptors (Lipinski definition) is 2. The zero-order chi connectivity index (χ0) is 18.0. The molecule has 0 radical (unpaired) electrons. The lowest BCUT2D eigenvalue weighted by atomic mass is 9.48. The third-order valence-corrected chi connectivity index (χ3v) is 8.78. The van der Waals surface area contributed by atoms with Gasteiger partial charge in [0, 0.05) is 13.0 Å². The van der Waals surface area contributed by atoms with Crippen LogP contribution in [0.25, 0.3) is 0 Å². The van der Waals surface area contributed by atoms with E-state index < -0.39 is 0 Å². The molecule has 4 aliphatic carbocycles. The molecule has 3 saturated carbocycles. The third kappa shape index (κ3) is 2.52. The van der Waals surface area contributed by atoms with E-state index in [1.54, 1.807) is 12.5 Å². The van der Waals surface area contributed by atoms with E-state index in [2.05, 4.69) is 32.2 Å². The van der Waals surface area contributed by atoms with Gasteiger partial charge in [-0.05, 0) is 79.4 Å². The molecule has 0 aliphatic heterocycles. The van der Waals surface area contributed by atoms with E-state index in [1.807, 2.05) is 0 Å². The molecular weight excluding hydrogens is 310 g/mol. The number of hydrogen-bond donors (Lipinski definition) is 2. The zero-order valence-corrected chi connectivity index (χ0v) is 16.3. The standard InChI is InChI=1S/C22H35NO2/c1-13-11-19-17-6-5-15-12-16(25)7-9-21(15,3)18(17)8-10-22(19,4)20(13)23-14(2)24/h5,13,16-20,25H,6-12H2,1-4H3,(H,23,24)/t13-,16+,17-,18-,19-,20+,21+,22+/m0/s1. The Bertz CT molecular complexity index is 599. The summed E-state index contributed by atoms with van der Waals surface area (Å²) in [6, 6.07) is 0.335. The van der Waals surface area contributed by atoms with Crippen molar-refractivity contribution in [2.75, 3.05) is 0 Å². The number of fused-ring (bicyclic) bond motifs is 5. The molecule has 25 heavy (non-hydrogen) atoms. The van der Waals surface area contributed by atoms with Crippen LogP contribution < -0.4 is 5.32 Å². The quantitative estimate of drug-likeness (QED) is 0.704. The molecule has 140 valence electrons. The normalized spacial score (nSPS) is 51.8. The number of rotatable bonds is 1. The van der Waals surface area contributed by atoms with Crippen molar-refractivity contribution in [2.24, 2.45) is 34.5 Å². The molecule has 0 unspecified atom stereocenters. The van der Waals surface area contributed by atoms with Gasteiger partial charge in [-0.15, -0.1) is 0 Å². The highest BCUT2D eigenvalue weighted by Crippen LogP contribution is 2.65. The van der Waals surface area contributed by atoms with Crippen LogP contribution in [0.15, 0.2) is 11.6 Å². The van der Waals surface area contributed by atoms with Crippen LogP contribution >= 0.6 is 0 Å². The lowest BCUT2D eigenvalue weighted by Crippen LogP contribution is -2.54. The van der Waals surface area contributed by atoms with Crippen LogP contribution in [0.5, 0.6) is 0 Å². The number of carbonyl (C=O) groups is 1. The van der Waals surface area contributed by atoms with E-state index in [0.29, 0.717) is 17.4 Å². The molecule has 3 heteroatoms. The first-order chi connectivity index (χ1) is 11.8. The Hall–Kier alpha value is -0.830. The van der Waals surface area contributed by atoms with Crippen molar-refractivity contribution in [3.63, 3.8) is 0 Å². The van der Waals surface area contributed by atoms with Crippen LogP contribution in [0.4, 0.5) is 0 Å². The van der Waals surface area contributed by atoms with Crippen LogP contribution in [0.2, 0.25) is 0 Å². The molecule has 0 aromatic carbocycles. The smallest absolute Gasteiger partial charge is 0.217 e. The Kier molecular flexibility index (Phi) is 4.10. The van der Waals surface area contributed by atoms with E-state index in [0.717, 1.165) is 37.0 Å². The summed E-state index contributed by atoms with van der Waals surface area (Å²) in [7, 11) is 0. The van der Waals surface area contributed by atoms with Gasteiger partial charge in [-0.2, -0.15) is 0 Å². The molecule has 8 atom stereocenters. The van der Waals surface area contributed by atoms with Gasteiger partial charge in [-0.25, -0.2) is 0 Å². The molecule has 0 spiro atoms. The van der Waals surface area contributed by atoms with Crippen LogP contribution in [-0.4, -0.2) is 23.2 Å². The molecule has 4 aliphatic rings. The summed E-state index contributed by atoms with van der Waals surface area (Å²) in [6.07, 6.45) is 10.3. The van der Waals surface area contributed by atoms with Crippen molar-refractivity contribution < 1.29 is 9.90 Å². The van der Waals surface area contributed by atoms with Gasteiger partial charge in [-0.1, -0.05) is 32.4 Å². The maximum Gasteiger partial charge on any atom is 0.217 e. The molecule has 0 aromatic rings. The third-order valence-electron chi connectivity index (χ3n) is 8.78. The van der Waals surface area contributed by atoms with Crippen molar-refractivity contribution in [2.45, 2.75) is 84.8 Å². The van der Waals surface area contributed by atoms with Crippen LogP contribution in [0, 0.1) is 34.5 Å². The number of nitrogens with one attached hydrogen (secondary N) is 1. The number of amides is 1. The molecule has 2 N–H and O–H groups in total. The van der Waals surface area contributed by atoms with Crippen LogP contribution in [0.1, 0.15) is 72.6 Å². The maximum absolute atomic E-state index is 11.8. The lowest BCUT2D eigenvalue weighted by Gasteiger charge is -2.58. The van der Waals surface area contributed by atoms with Crippen molar-refractivity contribution in [1.82, 2.24) is 5.32 Å². The van der Waals surface area contributed by atoms with Gasteiger partial charge in [-0.3, -0.25) is 4.79 Å². The van der Waals surface area contributed by atoms with Gasteiger partial charge in [0.1, 0.15) is 0 Å². The van der Waals surface area contributed by atoms with Gasteiger partial charge in [0.15, 0.2) is 0 Å². The summed E-state index contributed by atoms with van der Waals surface area (Å²) < 4.78 is 0. The molecular formula is C22H35NO2.